The summed E-state index contributed by atoms with van der Waals surface area (Å²) >= 11 is 1.28. The van der Waals surface area contributed by atoms with Gasteiger partial charge in [0.2, 0.25) is 5.13 Å². The van der Waals surface area contributed by atoms with Gasteiger partial charge in [0.15, 0.2) is 0 Å². The monoisotopic (exact) mass is 496 g/mol. The van der Waals surface area contributed by atoms with Gasteiger partial charge in [0, 0.05) is 27.3 Å². The molecule has 2 aliphatic rings. The number of carbonyl (C=O) groups is 4. The molecule has 0 saturated carbocycles. The predicted octanol–water partition coefficient (Wildman–Crippen LogP) is 4.90. The number of rotatable bonds is 4. The fourth-order valence-corrected chi connectivity index (χ4v) is 5.68. The molecule has 6 rings (SSSR count). The van der Waals surface area contributed by atoms with Gasteiger partial charge in [-0.25, -0.2) is 9.88 Å². The molecule has 1 N–H and O–H groups in total. The molecule has 0 aliphatic carbocycles. The number of aromatic nitrogens is 1. The fraction of sp³-hybridized carbons (Fsp3) is 0.148. The molecule has 0 bridgehead atoms. The number of hydrogen-bond acceptors (Lipinski definition) is 7. The van der Waals surface area contributed by atoms with Gasteiger partial charge < -0.3 is 0 Å². The SMILES string of the molecule is CCc1cccc(C)c1N1C(=O)c2ccc3c4c(ccc(c24)C1=O)C(=O)N(Nc1nc(C)cs1)C3=O. The molecule has 3 heterocycles. The highest BCUT2D eigenvalue weighted by atomic mass is 32.1. The van der Waals surface area contributed by atoms with Crippen LogP contribution in [0.3, 0.4) is 0 Å². The second-order valence-electron chi connectivity index (χ2n) is 8.80. The van der Waals surface area contributed by atoms with Crippen molar-refractivity contribution in [2.75, 3.05) is 10.3 Å². The van der Waals surface area contributed by atoms with E-state index in [1.54, 1.807) is 24.3 Å². The Bertz CT molecular complexity index is 1600. The molecule has 178 valence electrons. The zero-order valence-corrected chi connectivity index (χ0v) is 20.5. The van der Waals surface area contributed by atoms with E-state index in [4.69, 9.17) is 0 Å². The molecule has 4 aromatic rings. The van der Waals surface area contributed by atoms with Crippen molar-refractivity contribution in [1.29, 1.82) is 0 Å². The van der Waals surface area contributed by atoms with Gasteiger partial charge in [0.05, 0.1) is 22.5 Å². The van der Waals surface area contributed by atoms with Crippen LogP contribution in [0.5, 0.6) is 0 Å². The number of hydrogen-bond donors (Lipinski definition) is 1. The lowest BCUT2D eigenvalue weighted by molar-refractivity contribution is 0.0647. The number of hydrazine groups is 1. The number of nitrogens with one attached hydrogen (secondary N) is 1. The number of aryl methyl sites for hydroxylation is 3. The number of imide groups is 2. The van der Waals surface area contributed by atoms with Crippen LogP contribution >= 0.6 is 11.3 Å². The lowest BCUT2D eigenvalue weighted by Crippen LogP contribution is -2.45. The minimum absolute atomic E-state index is 0.241. The van der Waals surface area contributed by atoms with Crippen molar-refractivity contribution in [3.05, 3.63) is 86.9 Å². The van der Waals surface area contributed by atoms with E-state index in [-0.39, 0.29) is 22.3 Å². The van der Waals surface area contributed by atoms with Crippen molar-refractivity contribution in [3.63, 3.8) is 0 Å². The molecule has 2 aliphatic heterocycles. The average molecular weight is 497 g/mol. The molecular formula is C27H20N4O4S. The zero-order chi connectivity index (χ0) is 25.3. The van der Waals surface area contributed by atoms with Gasteiger partial charge in [-0.3, -0.25) is 24.6 Å². The third-order valence-corrected chi connectivity index (χ3v) is 7.51. The van der Waals surface area contributed by atoms with Gasteiger partial charge in [-0.2, -0.15) is 5.01 Å². The van der Waals surface area contributed by atoms with E-state index in [1.807, 2.05) is 44.4 Å². The summed E-state index contributed by atoms with van der Waals surface area (Å²) in [6.45, 7) is 5.66. The summed E-state index contributed by atoms with van der Waals surface area (Å²) in [6.07, 6.45) is 0.651. The first-order chi connectivity index (χ1) is 17.3. The van der Waals surface area contributed by atoms with Gasteiger partial charge in [-0.15, -0.1) is 11.3 Å². The van der Waals surface area contributed by atoms with Crippen molar-refractivity contribution >= 4 is 56.6 Å². The highest BCUT2D eigenvalue weighted by Gasteiger charge is 2.41. The maximum absolute atomic E-state index is 13.7. The molecule has 0 radical (unpaired) electrons. The summed E-state index contributed by atoms with van der Waals surface area (Å²) < 4.78 is 0. The van der Waals surface area contributed by atoms with Crippen LogP contribution in [0.15, 0.2) is 47.8 Å². The maximum atomic E-state index is 13.7. The maximum Gasteiger partial charge on any atom is 0.280 e. The summed E-state index contributed by atoms with van der Waals surface area (Å²) in [4.78, 5) is 59.7. The molecule has 36 heavy (non-hydrogen) atoms. The minimum atomic E-state index is -0.571. The summed E-state index contributed by atoms with van der Waals surface area (Å²) in [6, 6.07) is 11.9. The van der Waals surface area contributed by atoms with E-state index in [1.165, 1.54) is 16.2 Å². The standard InChI is InChI=1S/C27H20N4O4S/c1-4-15-7-5-6-13(2)22(15)30-23(32)16-8-10-18-21-19(11-9-17(20(16)21)24(30)33)26(35)31(25(18)34)29-27-28-14(3)12-36-27/h5-12H,4H2,1-3H3,(H,28,29). The van der Waals surface area contributed by atoms with Crippen LogP contribution in [0, 0.1) is 13.8 Å². The quantitative estimate of drug-likeness (QED) is 0.404. The summed E-state index contributed by atoms with van der Waals surface area (Å²) in [5, 5.41) is 3.82. The number of benzene rings is 3. The van der Waals surface area contributed by atoms with Crippen LogP contribution in [0.2, 0.25) is 0 Å². The normalized spacial score (nSPS) is 14.8. The zero-order valence-electron chi connectivity index (χ0n) is 19.7. The van der Waals surface area contributed by atoms with Crippen molar-refractivity contribution < 1.29 is 19.2 Å². The molecule has 3 aromatic carbocycles. The Kier molecular flexibility index (Phi) is 4.81. The number of para-hydroxylation sites is 1. The summed E-state index contributed by atoms with van der Waals surface area (Å²) in [5.41, 5.74) is 6.90. The van der Waals surface area contributed by atoms with Crippen molar-refractivity contribution in [1.82, 2.24) is 9.99 Å². The highest BCUT2D eigenvalue weighted by Crippen LogP contribution is 2.40. The molecule has 9 heteroatoms. The Balaban J connectivity index is 1.52. The first-order valence-electron chi connectivity index (χ1n) is 11.5. The predicted molar refractivity (Wildman–Crippen MR) is 137 cm³/mol. The van der Waals surface area contributed by atoms with Crippen LogP contribution < -0.4 is 10.3 Å². The van der Waals surface area contributed by atoms with E-state index >= 15 is 0 Å². The molecule has 0 spiro atoms. The van der Waals surface area contributed by atoms with Gasteiger partial charge in [-0.05, 0) is 55.7 Å². The lowest BCUT2D eigenvalue weighted by Gasteiger charge is -2.33. The first-order valence-corrected chi connectivity index (χ1v) is 12.3. The molecule has 0 unspecified atom stereocenters. The Morgan fingerprint density at radius 1 is 0.806 bits per heavy atom. The average Bonchev–Trinajstić information content (AvgIpc) is 3.29. The van der Waals surface area contributed by atoms with Gasteiger partial charge >= 0.3 is 0 Å². The molecule has 0 fully saturated rings. The molecular weight excluding hydrogens is 476 g/mol. The van der Waals surface area contributed by atoms with Crippen molar-refractivity contribution in [3.8, 4) is 0 Å². The van der Waals surface area contributed by atoms with Gasteiger partial charge in [0.1, 0.15) is 0 Å². The minimum Gasteiger partial charge on any atom is -0.268 e. The summed E-state index contributed by atoms with van der Waals surface area (Å²) in [5.74, 6) is -2.09. The highest BCUT2D eigenvalue weighted by molar-refractivity contribution is 7.13. The topological polar surface area (TPSA) is 99.7 Å². The summed E-state index contributed by atoms with van der Waals surface area (Å²) in [7, 11) is 0. The van der Waals surface area contributed by atoms with Crippen LogP contribution in [0.4, 0.5) is 10.8 Å². The number of carbonyl (C=O) groups excluding carboxylic acids is 4. The van der Waals surface area contributed by atoms with Gasteiger partial charge in [0.25, 0.3) is 23.6 Å². The van der Waals surface area contributed by atoms with Crippen molar-refractivity contribution in [2.45, 2.75) is 27.2 Å². The molecule has 4 amide bonds. The van der Waals surface area contributed by atoms with E-state index < -0.39 is 23.6 Å². The number of thiazole rings is 1. The van der Waals surface area contributed by atoms with E-state index in [9.17, 15) is 19.2 Å². The van der Waals surface area contributed by atoms with E-state index in [2.05, 4.69) is 10.4 Å². The smallest absolute Gasteiger partial charge is 0.268 e. The molecule has 0 saturated heterocycles. The van der Waals surface area contributed by atoms with Crippen molar-refractivity contribution in [2.24, 2.45) is 0 Å². The number of amides is 4. The molecule has 1 aromatic heterocycles. The number of anilines is 2. The Labute approximate surface area is 210 Å². The Hall–Kier alpha value is -4.37. The van der Waals surface area contributed by atoms with Crippen LogP contribution in [-0.2, 0) is 6.42 Å². The third-order valence-electron chi connectivity index (χ3n) is 6.65. The lowest BCUT2D eigenvalue weighted by atomic mass is 9.86. The Morgan fingerprint density at radius 2 is 1.36 bits per heavy atom. The third kappa shape index (κ3) is 2.96. The second kappa shape index (κ2) is 7.82. The molecule has 8 nitrogen and oxygen atoms in total. The van der Waals surface area contributed by atoms with Crippen LogP contribution in [0.25, 0.3) is 10.8 Å². The molecule has 0 atom stereocenters. The van der Waals surface area contributed by atoms with E-state index in [0.29, 0.717) is 28.0 Å². The van der Waals surface area contributed by atoms with E-state index in [0.717, 1.165) is 21.8 Å². The Morgan fingerprint density at radius 3 is 1.86 bits per heavy atom. The second-order valence-corrected chi connectivity index (χ2v) is 9.66. The largest absolute Gasteiger partial charge is 0.280 e. The van der Waals surface area contributed by atoms with Crippen LogP contribution in [0.1, 0.15) is 65.2 Å². The van der Waals surface area contributed by atoms with Crippen LogP contribution in [-0.4, -0.2) is 33.6 Å². The number of nitrogens with zero attached hydrogens (tertiary/aromatic N) is 3. The first kappa shape index (κ1) is 22.1. The fourth-order valence-electron chi connectivity index (χ4n) is 5.01. The van der Waals surface area contributed by atoms with Gasteiger partial charge in [-0.1, -0.05) is 25.1 Å².